The minimum atomic E-state index is -0.241. The van der Waals surface area contributed by atoms with Crippen molar-refractivity contribution in [3.05, 3.63) is 76.1 Å². The number of rotatable bonds is 5. The summed E-state index contributed by atoms with van der Waals surface area (Å²) in [6.07, 6.45) is 1.91. The van der Waals surface area contributed by atoms with Gasteiger partial charge in [-0.15, -0.1) is 0 Å². The van der Waals surface area contributed by atoms with Gasteiger partial charge in [0.15, 0.2) is 0 Å². The van der Waals surface area contributed by atoms with Crippen molar-refractivity contribution in [1.82, 2.24) is 9.88 Å². The molecular formula is C23H25N3O3. The number of para-hydroxylation sites is 1. The Bertz CT molecular complexity index is 1060. The van der Waals surface area contributed by atoms with Crippen LogP contribution in [0.25, 0.3) is 10.9 Å². The molecule has 150 valence electrons. The predicted octanol–water partition coefficient (Wildman–Crippen LogP) is 4.05. The number of hydrogen-bond donors (Lipinski definition) is 2. The van der Waals surface area contributed by atoms with Crippen molar-refractivity contribution in [1.29, 1.82) is 0 Å². The molecule has 2 heterocycles. The van der Waals surface area contributed by atoms with Crippen LogP contribution in [0.5, 0.6) is 0 Å². The molecule has 1 saturated heterocycles. The lowest BCUT2D eigenvalue weighted by atomic mass is 10.1. The molecule has 0 saturated carbocycles. The van der Waals surface area contributed by atoms with Crippen molar-refractivity contribution in [3.63, 3.8) is 0 Å². The van der Waals surface area contributed by atoms with Crippen LogP contribution in [0, 0.1) is 6.92 Å². The molecule has 1 fully saturated rings. The first kappa shape index (κ1) is 19.2. The Morgan fingerprint density at radius 2 is 2.03 bits per heavy atom. The van der Waals surface area contributed by atoms with Gasteiger partial charge in [-0.05, 0) is 55.0 Å². The number of hydrogen-bond acceptors (Lipinski definition) is 3. The van der Waals surface area contributed by atoms with Gasteiger partial charge in [0, 0.05) is 29.9 Å². The standard InChI is InChI=1S/C23H25N3O3/c1-16-9-10-17-13-18(22(27)25-21(17)12-16)14-26(15-20-8-5-11-29-20)23(28)24-19-6-3-2-4-7-19/h2-4,6-7,9-10,12-13,20H,5,8,11,14-15H2,1H3,(H,24,28)(H,25,27). The molecule has 2 aromatic carbocycles. The normalized spacial score (nSPS) is 16.1. The number of pyridine rings is 1. The number of carbonyl (C=O) groups excluding carboxylic acids is 1. The van der Waals surface area contributed by atoms with Crippen LogP contribution in [-0.4, -0.2) is 35.2 Å². The Labute approximate surface area is 169 Å². The fourth-order valence-electron chi connectivity index (χ4n) is 3.66. The largest absolute Gasteiger partial charge is 0.376 e. The molecule has 1 unspecified atom stereocenters. The van der Waals surface area contributed by atoms with Crippen LogP contribution in [0.4, 0.5) is 10.5 Å². The van der Waals surface area contributed by atoms with E-state index in [1.165, 1.54) is 0 Å². The summed E-state index contributed by atoms with van der Waals surface area (Å²) in [6, 6.07) is 16.9. The molecule has 4 rings (SSSR count). The van der Waals surface area contributed by atoms with E-state index in [9.17, 15) is 9.59 Å². The molecule has 1 aliphatic rings. The molecule has 0 bridgehead atoms. The zero-order valence-corrected chi connectivity index (χ0v) is 16.5. The van der Waals surface area contributed by atoms with Crippen LogP contribution in [-0.2, 0) is 11.3 Å². The molecule has 2 amide bonds. The smallest absolute Gasteiger partial charge is 0.322 e. The molecule has 6 heteroatoms. The minimum absolute atomic E-state index is 0.00119. The molecule has 0 spiro atoms. The molecule has 1 aliphatic heterocycles. The highest BCUT2D eigenvalue weighted by Crippen LogP contribution is 2.18. The first-order valence-corrected chi connectivity index (χ1v) is 9.93. The summed E-state index contributed by atoms with van der Waals surface area (Å²) in [5, 5.41) is 3.87. The van der Waals surface area contributed by atoms with E-state index in [2.05, 4.69) is 10.3 Å². The maximum Gasteiger partial charge on any atom is 0.322 e. The summed E-state index contributed by atoms with van der Waals surface area (Å²) in [7, 11) is 0. The third-order valence-corrected chi connectivity index (χ3v) is 5.20. The fourth-order valence-corrected chi connectivity index (χ4v) is 3.66. The maximum atomic E-state index is 13.0. The lowest BCUT2D eigenvalue weighted by Gasteiger charge is -2.25. The summed E-state index contributed by atoms with van der Waals surface area (Å²) < 4.78 is 5.73. The number of carbonyl (C=O) groups is 1. The SMILES string of the molecule is Cc1ccc2cc(CN(CC3CCCO3)C(=O)Nc3ccccc3)c(=O)[nH]c2c1. The molecular weight excluding hydrogens is 366 g/mol. The van der Waals surface area contributed by atoms with Crippen LogP contribution in [0.2, 0.25) is 0 Å². The fraction of sp³-hybridized carbons (Fsp3) is 0.304. The van der Waals surface area contributed by atoms with Crippen molar-refractivity contribution in [3.8, 4) is 0 Å². The third-order valence-electron chi connectivity index (χ3n) is 5.20. The molecule has 3 aromatic rings. The van der Waals surface area contributed by atoms with Gasteiger partial charge in [-0.25, -0.2) is 4.79 Å². The second kappa shape index (κ2) is 8.49. The second-order valence-electron chi connectivity index (χ2n) is 7.53. The average Bonchev–Trinajstić information content (AvgIpc) is 3.22. The van der Waals surface area contributed by atoms with Crippen LogP contribution in [0.1, 0.15) is 24.0 Å². The van der Waals surface area contributed by atoms with Gasteiger partial charge in [-0.1, -0.05) is 30.3 Å². The number of aromatic nitrogens is 1. The van der Waals surface area contributed by atoms with Gasteiger partial charge in [0.2, 0.25) is 0 Å². The third kappa shape index (κ3) is 4.66. The summed E-state index contributed by atoms with van der Waals surface area (Å²) in [5.41, 5.74) is 2.99. The summed E-state index contributed by atoms with van der Waals surface area (Å²) in [5.74, 6) is 0. The number of aryl methyl sites for hydroxylation is 1. The summed E-state index contributed by atoms with van der Waals surface area (Å²) in [6.45, 7) is 3.37. The van der Waals surface area contributed by atoms with E-state index in [4.69, 9.17) is 4.74 Å². The highest BCUT2D eigenvalue weighted by molar-refractivity contribution is 5.89. The first-order valence-electron chi connectivity index (χ1n) is 9.93. The molecule has 29 heavy (non-hydrogen) atoms. The van der Waals surface area contributed by atoms with Gasteiger partial charge in [-0.3, -0.25) is 4.79 Å². The van der Waals surface area contributed by atoms with Crippen molar-refractivity contribution in [2.75, 3.05) is 18.5 Å². The lowest BCUT2D eigenvalue weighted by Crippen LogP contribution is -2.40. The van der Waals surface area contributed by atoms with Crippen molar-refractivity contribution in [2.24, 2.45) is 0 Å². The van der Waals surface area contributed by atoms with Crippen molar-refractivity contribution in [2.45, 2.75) is 32.4 Å². The van der Waals surface area contributed by atoms with Crippen LogP contribution in [0.15, 0.2) is 59.4 Å². The molecule has 0 aliphatic carbocycles. The van der Waals surface area contributed by atoms with E-state index >= 15 is 0 Å². The van der Waals surface area contributed by atoms with Gasteiger partial charge in [0.1, 0.15) is 0 Å². The Morgan fingerprint density at radius 3 is 2.79 bits per heavy atom. The van der Waals surface area contributed by atoms with Crippen LogP contribution >= 0.6 is 0 Å². The molecule has 0 radical (unpaired) electrons. The van der Waals surface area contributed by atoms with Crippen molar-refractivity contribution >= 4 is 22.6 Å². The van der Waals surface area contributed by atoms with Crippen LogP contribution in [0.3, 0.4) is 0 Å². The number of nitrogens with zero attached hydrogens (tertiary/aromatic N) is 1. The quantitative estimate of drug-likeness (QED) is 0.689. The topological polar surface area (TPSA) is 74.4 Å². The maximum absolute atomic E-state index is 13.0. The van der Waals surface area contributed by atoms with Gasteiger partial charge in [0.05, 0.1) is 12.6 Å². The van der Waals surface area contributed by atoms with E-state index in [1.54, 1.807) is 4.90 Å². The number of nitrogens with one attached hydrogen (secondary N) is 2. The number of amides is 2. The number of anilines is 1. The van der Waals surface area contributed by atoms with Gasteiger partial charge >= 0.3 is 6.03 Å². The predicted molar refractivity (Wildman–Crippen MR) is 114 cm³/mol. The number of H-pyrrole nitrogens is 1. The molecule has 2 N–H and O–H groups in total. The number of benzene rings is 2. The highest BCUT2D eigenvalue weighted by Gasteiger charge is 2.24. The van der Waals surface area contributed by atoms with E-state index in [-0.39, 0.29) is 24.2 Å². The van der Waals surface area contributed by atoms with Crippen LogP contribution < -0.4 is 10.9 Å². The number of urea groups is 1. The monoisotopic (exact) mass is 391 g/mol. The molecule has 1 atom stereocenters. The molecule has 6 nitrogen and oxygen atoms in total. The zero-order chi connectivity index (χ0) is 20.2. The second-order valence-corrected chi connectivity index (χ2v) is 7.53. The van der Waals surface area contributed by atoms with E-state index in [0.29, 0.717) is 18.7 Å². The summed E-state index contributed by atoms with van der Waals surface area (Å²) >= 11 is 0. The Morgan fingerprint density at radius 1 is 1.21 bits per heavy atom. The Hall–Kier alpha value is -3.12. The van der Waals surface area contributed by atoms with Gasteiger partial charge in [0.25, 0.3) is 5.56 Å². The summed E-state index contributed by atoms with van der Waals surface area (Å²) in [4.78, 5) is 30.2. The zero-order valence-electron chi connectivity index (χ0n) is 16.5. The lowest BCUT2D eigenvalue weighted by molar-refractivity contribution is 0.0818. The Kier molecular flexibility index (Phi) is 5.62. The van der Waals surface area contributed by atoms with E-state index < -0.39 is 0 Å². The van der Waals surface area contributed by atoms with E-state index in [1.807, 2.05) is 61.5 Å². The van der Waals surface area contributed by atoms with E-state index in [0.717, 1.165) is 35.0 Å². The molecule has 1 aromatic heterocycles. The minimum Gasteiger partial charge on any atom is -0.376 e. The van der Waals surface area contributed by atoms with Gasteiger partial charge < -0.3 is 19.9 Å². The van der Waals surface area contributed by atoms with Gasteiger partial charge in [-0.2, -0.15) is 0 Å². The average molecular weight is 391 g/mol. The number of fused-ring (bicyclic) bond motifs is 1. The number of aromatic amines is 1. The number of ether oxygens (including phenoxy) is 1. The van der Waals surface area contributed by atoms with Crippen molar-refractivity contribution < 1.29 is 9.53 Å². The first-order chi connectivity index (χ1) is 14.1. The highest BCUT2D eigenvalue weighted by atomic mass is 16.5. The Balaban J connectivity index is 1.59.